The van der Waals surface area contributed by atoms with E-state index in [2.05, 4.69) is 82.7 Å². The molecule has 25 atom stereocenters. The summed E-state index contributed by atoms with van der Waals surface area (Å²) in [5.41, 5.74) is -0.429. The van der Waals surface area contributed by atoms with Gasteiger partial charge in [0.2, 0.25) is 0 Å². The van der Waals surface area contributed by atoms with Crippen molar-refractivity contribution in [1.29, 1.82) is 0 Å². The Labute approximate surface area is 650 Å². The van der Waals surface area contributed by atoms with Crippen molar-refractivity contribution in [3.05, 3.63) is 82.0 Å². The fourth-order valence-corrected chi connectivity index (χ4v) is 18.4. The first-order valence-corrected chi connectivity index (χ1v) is 40.5. The van der Waals surface area contributed by atoms with Crippen LogP contribution in [0.4, 0.5) is 0 Å². The van der Waals surface area contributed by atoms with E-state index in [1.54, 1.807) is 57.2 Å². The first-order valence-electron chi connectivity index (χ1n) is 40.5. The Morgan fingerprint density at radius 1 is 0.620 bits per heavy atom. The van der Waals surface area contributed by atoms with Gasteiger partial charge in [-0.25, -0.2) is 14.4 Å². The highest BCUT2D eigenvalue weighted by molar-refractivity contribution is 5.89. The second kappa shape index (κ2) is 38.8. The highest BCUT2D eigenvalue weighted by Gasteiger charge is 2.80. The predicted molar refractivity (Wildman–Crippen MR) is 423 cm³/mol. The standard InChI is InChI=1S/C41H56O11.C25H48O3.C23H44O5/c1-11-30-49-28-18-29-41(20-47-29,52-25(7)42)33-35(51-36(44)26-15-13-12-14-16-26)40(38(8,9)46)19-27(48-37(45)32(43)22(4)17-21(2)3)23(5)31(40)24(6)34(50-30)39(28,33)10;1-13-17(5)25(11,12)23(26)21(9)19(7)20(8)22(10)28-24(27)18(6)16(4)14-15(2)3;1-11-19(24)23(9,10)21(26)17(7)15(5)16(6)18(8)28-22(27)20(25)14(4)12-13(2)3/h11-16,21-22,24,27-30,32-35,43,46H,1,17-20H2,2-10H3;15-18,21-23,26H,13-14H2,1-12H3;13-14,17-21,24-26H,11-12H2,1-10H3/b;20-19+;16-15+/t22-,24-,27?,28-,29+,30?,32?,33-,34?,35-,39+,40-,41-;16-,17-,18?,21-,22-,23-;14-,17-,18-,19-,20?,21-/m000/s1. The molecule has 4 fully saturated rings. The minimum Gasteiger partial charge on any atom is -0.458 e. The maximum atomic E-state index is 14.4. The molecule has 2 saturated heterocycles. The lowest BCUT2D eigenvalue weighted by molar-refractivity contribution is -0.391. The number of aliphatic hydroxyl groups is 6. The summed E-state index contributed by atoms with van der Waals surface area (Å²) >= 11 is 0. The van der Waals surface area contributed by atoms with Crippen molar-refractivity contribution in [1.82, 2.24) is 0 Å². The Bertz CT molecular complexity index is 3150. The lowest BCUT2D eigenvalue weighted by atomic mass is 9.49. The van der Waals surface area contributed by atoms with E-state index in [1.165, 1.54) is 6.92 Å². The van der Waals surface area contributed by atoms with Crippen LogP contribution in [0.2, 0.25) is 0 Å². The highest BCUT2D eigenvalue weighted by Crippen LogP contribution is 2.71. The second-order valence-electron chi connectivity index (χ2n) is 36.7. The summed E-state index contributed by atoms with van der Waals surface area (Å²) in [6, 6.07) is 8.60. The molecule has 6 rings (SSSR count). The van der Waals surface area contributed by atoms with E-state index in [9.17, 15) is 54.6 Å². The first-order chi connectivity index (χ1) is 49.7. The van der Waals surface area contributed by atoms with Gasteiger partial charge in [0.25, 0.3) is 0 Å². The molecule has 0 bridgehead atoms. The summed E-state index contributed by atoms with van der Waals surface area (Å²) in [6.45, 7) is 64.8. The average molecular weight is 1520 g/mol. The molecule has 0 amide bonds. The largest absolute Gasteiger partial charge is 0.458 e. The van der Waals surface area contributed by atoms with Gasteiger partial charge < -0.3 is 68.5 Å². The molecule has 6 N–H and O–H groups in total. The molecular weight excluding hydrogens is 1370 g/mol. The normalized spacial score (nSPS) is 29.3. The predicted octanol–water partition coefficient (Wildman–Crippen LogP) is 16.1. The number of fused-ring (bicyclic) bond motifs is 3. The third kappa shape index (κ3) is 20.9. The van der Waals surface area contributed by atoms with Crippen LogP contribution in [0.5, 0.6) is 0 Å². The monoisotopic (exact) mass is 1520 g/mol. The van der Waals surface area contributed by atoms with Crippen molar-refractivity contribution in [3.8, 4) is 0 Å². The van der Waals surface area contributed by atoms with Crippen LogP contribution >= 0.6 is 0 Å². The number of aliphatic hydroxyl groups excluding tert-OH is 5. The molecule has 618 valence electrons. The Balaban J connectivity index is 0.000000376. The fourth-order valence-electron chi connectivity index (χ4n) is 18.4. The Morgan fingerprint density at radius 3 is 1.53 bits per heavy atom. The zero-order chi connectivity index (χ0) is 82.9. The Morgan fingerprint density at radius 2 is 1.09 bits per heavy atom. The van der Waals surface area contributed by atoms with Crippen molar-refractivity contribution >= 4 is 29.8 Å². The minimum absolute atomic E-state index is 0.0161. The summed E-state index contributed by atoms with van der Waals surface area (Å²) in [7, 11) is 0. The zero-order valence-electron chi connectivity index (χ0n) is 72.3. The number of benzene rings is 1. The molecule has 2 saturated carbocycles. The number of carbonyl (C=O) groups is 5. The summed E-state index contributed by atoms with van der Waals surface area (Å²) in [5.74, 6) is -2.77. The lowest BCUT2D eigenvalue weighted by Gasteiger charge is -2.67. The zero-order valence-corrected chi connectivity index (χ0v) is 72.3. The molecular formula is C89H148O19. The number of ether oxygens (including phenoxy) is 8. The smallest absolute Gasteiger partial charge is 0.338 e. The molecule has 0 radical (unpaired) electrons. The molecule has 3 aliphatic carbocycles. The fraction of sp³-hybridized carbons (Fsp3) is 0.787. The summed E-state index contributed by atoms with van der Waals surface area (Å²) in [5, 5.41) is 66.1. The van der Waals surface area contributed by atoms with E-state index in [0.29, 0.717) is 54.1 Å². The van der Waals surface area contributed by atoms with E-state index < -0.39 is 137 Å². The molecule has 2 heterocycles. The molecule has 0 aromatic heterocycles. The second-order valence-corrected chi connectivity index (χ2v) is 36.7. The molecule has 1 aromatic carbocycles. The molecule has 2 aliphatic heterocycles. The quantitative estimate of drug-likeness (QED) is 0.0222. The van der Waals surface area contributed by atoms with Crippen LogP contribution < -0.4 is 0 Å². The molecule has 0 spiro atoms. The van der Waals surface area contributed by atoms with Crippen LogP contribution in [0.25, 0.3) is 0 Å². The Hall–Kier alpha value is -4.83. The maximum absolute atomic E-state index is 14.4. The van der Waals surface area contributed by atoms with Gasteiger partial charge in [-0.3, -0.25) is 9.59 Å². The maximum Gasteiger partial charge on any atom is 0.338 e. The third-order valence-electron chi connectivity index (χ3n) is 26.6. The van der Waals surface area contributed by atoms with E-state index >= 15 is 0 Å². The number of esters is 5. The molecule has 19 heteroatoms. The average Bonchev–Trinajstić information content (AvgIpc) is 1.44. The summed E-state index contributed by atoms with van der Waals surface area (Å²) < 4.78 is 50.2. The van der Waals surface area contributed by atoms with Crippen molar-refractivity contribution in [2.24, 2.45) is 92.7 Å². The highest BCUT2D eigenvalue weighted by atomic mass is 16.7. The molecule has 6 unspecified atom stereocenters. The molecule has 19 nitrogen and oxygen atoms in total. The topological polar surface area (TPSA) is 281 Å². The van der Waals surface area contributed by atoms with Gasteiger partial charge in [-0.2, -0.15) is 0 Å². The van der Waals surface area contributed by atoms with Crippen LogP contribution in [-0.2, 0) is 57.1 Å². The van der Waals surface area contributed by atoms with E-state index in [0.717, 1.165) is 47.1 Å². The van der Waals surface area contributed by atoms with Gasteiger partial charge in [-0.1, -0.05) is 188 Å². The van der Waals surface area contributed by atoms with Crippen molar-refractivity contribution < 1.29 is 92.5 Å². The van der Waals surface area contributed by atoms with Gasteiger partial charge in [-0.15, -0.1) is 0 Å². The third-order valence-corrected chi connectivity index (χ3v) is 26.6. The van der Waals surface area contributed by atoms with Crippen molar-refractivity contribution in [3.63, 3.8) is 0 Å². The molecule has 108 heavy (non-hydrogen) atoms. The van der Waals surface area contributed by atoms with E-state index in [-0.39, 0.29) is 66.0 Å². The van der Waals surface area contributed by atoms with Gasteiger partial charge in [-0.05, 0) is 175 Å². The van der Waals surface area contributed by atoms with E-state index in [4.69, 9.17) is 37.9 Å². The van der Waals surface area contributed by atoms with Gasteiger partial charge in [0.15, 0.2) is 24.1 Å². The number of carbonyl (C=O) groups excluding carboxylic acids is 5. The molecule has 5 aliphatic rings. The first kappa shape index (κ1) is 95.5. The van der Waals surface area contributed by atoms with Crippen molar-refractivity contribution in [2.75, 3.05) is 6.61 Å². The van der Waals surface area contributed by atoms with Crippen LogP contribution in [0, 0.1) is 92.7 Å². The molecule has 1 aromatic rings. The van der Waals surface area contributed by atoms with Crippen LogP contribution in [0.3, 0.4) is 0 Å². The van der Waals surface area contributed by atoms with Gasteiger partial charge >= 0.3 is 29.8 Å². The number of hydrogen-bond donors (Lipinski definition) is 6. The summed E-state index contributed by atoms with van der Waals surface area (Å²) in [4.78, 5) is 66.0. The minimum atomic E-state index is -1.61. The number of rotatable bonds is 32. The Kier molecular flexibility index (Phi) is 34.3. The van der Waals surface area contributed by atoms with Gasteiger partial charge in [0.05, 0.1) is 65.5 Å². The van der Waals surface area contributed by atoms with Crippen molar-refractivity contribution in [2.45, 2.75) is 350 Å². The van der Waals surface area contributed by atoms with Crippen LogP contribution in [0.1, 0.15) is 270 Å². The number of hydrogen-bond acceptors (Lipinski definition) is 19. The lowest BCUT2D eigenvalue weighted by Crippen LogP contribution is -2.80. The SMILES string of the molecule is C=CC1OC2[C@@H](C)C3=C(C)C(OC(=O)C(O)[C@@H](C)CC(C)C)C[C@@]3(C(C)(C)O)[C@@H](OC(=O)c3ccccc3)[C@@H]3[C@]4(OC(C)=O)CO[C@@H]4C[C@H](O1)[C@@]23C.CC[C@H](C)C(C)(C)[C@@H](O)[C@@H](C)/C(C)=C(\C)[C@H](C)OC(=O)C(C)[C@@H](C)CC(C)C.CC[C@H](O)C(C)(C)[C@@H](O)[C@@H](C)/C(C)=C(\C)[C@H](C)OC(=O)C(O)[C@@H](C)CC(C)C. The summed E-state index contributed by atoms with van der Waals surface area (Å²) in [6.07, 6.45) is -3.60. The van der Waals surface area contributed by atoms with Gasteiger partial charge in [0.1, 0.15) is 30.5 Å². The van der Waals surface area contributed by atoms with Crippen LogP contribution in [-0.4, -0.2) is 158 Å². The van der Waals surface area contributed by atoms with Gasteiger partial charge in [0, 0.05) is 48.3 Å². The van der Waals surface area contributed by atoms with E-state index in [1.807, 2.05) is 111 Å². The van der Waals surface area contributed by atoms with Crippen LogP contribution in [0.15, 0.2) is 76.4 Å².